The molecule has 1 atom stereocenters. The van der Waals surface area contributed by atoms with Crippen LogP contribution in [-0.2, 0) is 4.79 Å². The van der Waals surface area contributed by atoms with Gasteiger partial charge in [0.05, 0.1) is 5.56 Å². The Hall–Kier alpha value is -2.22. The van der Waals surface area contributed by atoms with Gasteiger partial charge in [0.2, 0.25) is 0 Å². The molecule has 0 saturated carbocycles. The Kier molecular flexibility index (Phi) is 4.55. The van der Waals surface area contributed by atoms with E-state index in [0.717, 1.165) is 0 Å². The van der Waals surface area contributed by atoms with E-state index in [4.69, 9.17) is 15.7 Å². The average molecular weight is 247 g/mol. The molecule has 1 aromatic rings. The minimum atomic E-state index is -0.664. The number of hydrogen-bond donors (Lipinski definition) is 2. The number of nitrogens with two attached hydrogens (primary N) is 1. The van der Waals surface area contributed by atoms with Crippen LogP contribution in [0.3, 0.4) is 0 Å². The number of carbonyl (C=O) groups is 1. The van der Waals surface area contributed by atoms with Crippen molar-refractivity contribution in [2.75, 3.05) is 5.73 Å². The molecular weight excluding hydrogens is 230 g/mol. The summed E-state index contributed by atoms with van der Waals surface area (Å²) in [7, 11) is 0. The van der Waals surface area contributed by atoms with Crippen molar-refractivity contribution < 1.29 is 9.53 Å². The zero-order valence-corrected chi connectivity index (χ0v) is 10.7. The molecule has 96 valence electrons. The van der Waals surface area contributed by atoms with Gasteiger partial charge in [-0.2, -0.15) is 5.26 Å². The van der Waals surface area contributed by atoms with Gasteiger partial charge in [-0.1, -0.05) is 0 Å². The molecule has 5 heteroatoms. The smallest absolute Gasteiger partial charge is 0.260 e. The van der Waals surface area contributed by atoms with Gasteiger partial charge in [0, 0.05) is 11.7 Å². The Labute approximate surface area is 107 Å². The van der Waals surface area contributed by atoms with Crippen molar-refractivity contribution in [1.82, 2.24) is 5.32 Å². The molecule has 0 fully saturated rings. The molecule has 1 unspecified atom stereocenters. The van der Waals surface area contributed by atoms with Crippen molar-refractivity contribution in [1.29, 1.82) is 5.26 Å². The van der Waals surface area contributed by atoms with E-state index >= 15 is 0 Å². The first-order chi connectivity index (χ1) is 8.43. The molecule has 0 heterocycles. The van der Waals surface area contributed by atoms with E-state index in [2.05, 4.69) is 5.32 Å². The fourth-order valence-electron chi connectivity index (χ4n) is 1.38. The fourth-order valence-corrected chi connectivity index (χ4v) is 1.38. The van der Waals surface area contributed by atoms with Crippen LogP contribution in [0.2, 0.25) is 0 Å². The van der Waals surface area contributed by atoms with Crippen molar-refractivity contribution in [2.24, 2.45) is 0 Å². The number of nitrogens with zero attached hydrogens (tertiary/aromatic N) is 1. The molecule has 0 aliphatic rings. The molecule has 0 aliphatic heterocycles. The lowest BCUT2D eigenvalue weighted by molar-refractivity contribution is -0.127. The van der Waals surface area contributed by atoms with E-state index in [0.29, 0.717) is 17.0 Å². The van der Waals surface area contributed by atoms with Crippen LogP contribution in [0.15, 0.2) is 18.2 Å². The second-order valence-corrected chi connectivity index (χ2v) is 4.29. The van der Waals surface area contributed by atoms with Gasteiger partial charge in [-0.15, -0.1) is 0 Å². The van der Waals surface area contributed by atoms with Crippen molar-refractivity contribution >= 4 is 11.6 Å². The Bertz CT molecular complexity index is 478. The van der Waals surface area contributed by atoms with Gasteiger partial charge in [0.15, 0.2) is 6.10 Å². The molecule has 1 aromatic carbocycles. The number of benzene rings is 1. The second-order valence-electron chi connectivity index (χ2n) is 4.29. The van der Waals surface area contributed by atoms with E-state index in [-0.39, 0.29) is 11.9 Å². The molecule has 0 saturated heterocycles. The Morgan fingerprint density at radius 3 is 2.67 bits per heavy atom. The van der Waals surface area contributed by atoms with Crippen LogP contribution in [-0.4, -0.2) is 18.1 Å². The number of anilines is 1. The maximum Gasteiger partial charge on any atom is 0.260 e. The molecule has 5 nitrogen and oxygen atoms in total. The number of amides is 1. The van der Waals surface area contributed by atoms with Crippen LogP contribution < -0.4 is 15.8 Å². The number of ether oxygens (including phenoxy) is 1. The van der Waals surface area contributed by atoms with Crippen LogP contribution in [0, 0.1) is 11.3 Å². The number of nitrogens with one attached hydrogen (secondary N) is 1. The third kappa shape index (κ3) is 3.67. The molecule has 0 aromatic heterocycles. The zero-order valence-electron chi connectivity index (χ0n) is 10.7. The molecule has 0 spiro atoms. The third-order valence-corrected chi connectivity index (χ3v) is 2.23. The summed E-state index contributed by atoms with van der Waals surface area (Å²) >= 11 is 0. The quantitative estimate of drug-likeness (QED) is 0.788. The first-order valence-corrected chi connectivity index (χ1v) is 5.70. The SMILES string of the molecule is CC(C)NC(=O)C(C)Oc1ccc(N)cc1C#N. The van der Waals surface area contributed by atoms with E-state index in [1.54, 1.807) is 19.1 Å². The van der Waals surface area contributed by atoms with E-state index in [9.17, 15) is 4.79 Å². The van der Waals surface area contributed by atoms with Crippen LogP contribution in [0.1, 0.15) is 26.3 Å². The van der Waals surface area contributed by atoms with Gasteiger partial charge >= 0.3 is 0 Å². The summed E-state index contributed by atoms with van der Waals surface area (Å²) in [6.07, 6.45) is -0.664. The number of rotatable bonds is 4. The van der Waals surface area contributed by atoms with Crippen LogP contribution in [0.25, 0.3) is 0 Å². The molecule has 0 radical (unpaired) electrons. The normalized spacial score (nSPS) is 11.7. The molecule has 0 aliphatic carbocycles. The first kappa shape index (κ1) is 13.8. The van der Waals surface area contributed by atoms with Crippen molar-refractivity contribution in [3.05, 3.63) is 23.8 Å². The van der Waals surface area contributed by atoms with E-state index in [1.165, 1.54) is 6.07 Å². The number of nitriles is 1. The van der Waals surface area contributed by atoms with Crippen LogP contribution in [0.5, 0.6) is 5.75 Å². The zero-order chi connectivity index (χ0) is 13.7. The lowest BCUT2D eigenvalue weighted by Crippen LogP contribution is -2.40. The van der Waals surface area contributed by atoms with Crippen molar-refractivity contribution in [3.8, 4) is 11.8 Å². The van der Waals surface area contributed by atoms with E-state index in [1.807, 2.05) is 19.9 Å². The molecule has 0 bridgehead atoms. The molecule has 18 heavy (non-hydrogen) atoms. The van der Waals surface area contributed by atoms with Gasteiger partial charge in [-0.3, -0.25) is 4.79 Å². The Morgan fingerprint density at radius 2 is 2.11 bits per heavy atom. The predicted molar refractivity (Wildman–Crippen MR) is 68.9 cm³/mol. The minimum Gasteiger partial charge on any atom is -0.480 e. The summed E-state index contributed by atoms with van der Waals surface area (Å²) in [6, 6.07) is 6.77. The maximum absolute atomic E-state index is 11.7. The number of nitrogen functional groups attached to an aromatic ring is 1. The average Bonchev–Trinajstić information content (AvgIpc) is 2.30. The van der Waals surface area contributed by atoms with Gasteiger partial charge in [-0.05, 0) is 39.0 Å². The summed E-state index contributed by atoms with van der Waals surface area (Å²) in [5.74, 6) is 0.142. The first-order valence-electron chi connectivity index (χ1n) is 5.70. The number of hydrogen-bond acceptors (Lipinski definition) is 4. The lowest BCUT2D eigenvalue weighted by Gasteiger charge is -2.17. The third-order valence-electron chi connectivity index (χ3n) is 2.23. The van der Waals surface area contributed by atoms with E-state index < -0.39 is 6.10 Å². The topological polar surface area (TPSA) is 88.1 Å². The summed E-state index contributed by atoms with van der Waals surface area (Å²) < 4.78 is 5.46. The summed E-state index contributed by atoms with van der Waals surface area (Å²) in [5.41, 5.74) is 6.38. The lowest BCUT2D eigenvalue weighted by atomic mass is 10.2. The van der Waals surface area contributed by atoms with Gasteiger partial charge < -0.3 is 15.8 Å². The predicted octanol–water partition coefficient (Wildman–Crippen LogP) is 1.43. The van der Waals surface area contributed by atoms with Gasteiger partial charge in [0.1, 0.15) is 11.8 Å². The summed E-state index contributed by atoms with van der Waals surface area (Å²) in [6.45, 7) is 5.37. The highest BCUT2D eigenvalue weighted by atomic mass is 16.5. The van der Waals surface area contributed by atoms with Gasteiger partial charge in [0.25, 0.3) is 5.91 Å². The largest absolute Gasteiger partial charge is 0.480 e. The fraction of sp³-hybridized carbons (Fsp3) is 0.385. The Morgan fingerprint density at radius 1 is 1.44 bits per heavy atom. The second kappa shape index (κ2) is 5.92. The van der Waals surface area contributed by atoms with Crippen LogP contribution >= 0.6 is 0 Å². The van der Waals surface area contributed by atoms with Crippen LogP contribution in [0.4, 0.5) is 5.69 Å². The Balaban J connectivity index is 2.79. The molecule has 1 rings (SSSR count). The molecular formula is C13H17N3O2. The summed E-state index contributed by atoms with van der Waals surface area (Å²) in [5, 5.41) is 11.7. The minimum absolute atomic E-state index is 0.0467. The maximum atomic E-state index is 11.7. The summed E-state index contributed by atoms with van der Waals surface area (Å²) in [4.78, 5) is 11.7. The highest BCUT2D eigenvalue weighted by molar-refractivity contribution is 5.81. The highest BCUT2D eigenvalue weighted by Gasteiger charge is 2.16. The highest BCUT2D eigenvalue weighted by Crippen LogP contribution is 2.21. The molecule has 3 N–H and O–H groups in total. The number of carbonyl (C=O) groups excluding carboxylic acids is 1. The van der Waals surface area contributed by atoms with Crippen molar-refractivity contribution in [2.45, 2.75) is 32.9 Å². The molecule has 1 amide bonds. The van der Waals surface area contributed by atoms with Crippen molar-refractivity contribution in [3.63, 3.8) is 0 Å². The van der Waals surface area contributed by atoms with Gasteiger partial charge in [-0.25, -0.2) is 0 Å². The monoisotopic (exact) mass is 247 g/mol. The standard InChI is InChI=1S/C13H17N3O2/c1-8(2)16-13(17)9(3)18-12-5-4-11(15)6-10(12)7-14/h4-6,8-9H,15H2,1-3H3,(H,16,17).